The zero-order valence-corrected chi connectivity index (χ0v) is 17.5. The first kappa shape index (κ1) is 19.7. The van der Waals surface area contributed by atoms with Crippen molar-refractivity contribution in [2.45, 2.75) is 64.8 Å². The van der Waals surface area contributed by atoms with Gasteiger partial charge in [-0.2, -0.15) is 0 Å². The molecule has 0 radical (unpaired) electrons. The van der Waals surface area contributed by atoms with Crippen molar-refractivity contribution in [1.29, 1.82) is 0 Å². The Bertz CT molecular complexity index is 929. The van der Waals surface area contributed by atoms with E-state index in [1.54, 1.807) is 13.8 Å². The summed E-state index contributed by atoms with van der Waals surface area (Å²) in [6, 6.07) is 0. The molecule has 4 heterocycles. The number of amides is 1. The molecular formula is C21H29N5O3. The first-order valence-electron chi connectivity index (χ1n) is 10.5. The van der Waals surface area contributed by atoms with E-state index in [9.17, 15) is 9.59 Å². The fraction of sp³-hybridized carbons (Fsp3) is 0.619. The molecule has 2 aromatic heterocycles. The molecule has 8 nitrogen and oxygen atoms in total. The Morgan fingerprint density at radius 2 is 1.93 bits per heavy atom. The Morgan fingerprint density at radius 3 is 2.72 bits per heavy atom. The quantitative estimate of drug-likeness (QED) is 0.801. The molecule has 1 N–H and O–H groups in total. The maximum absolute atomic E-state index is 13.3. The van der Waals surface area contributed by atoms with E-state index >= 15 is 0 Å². The van der Waals surface area contributed by atoms with Crippen LogP contribution in [0.4, 0.5) is 0 Å². The highest BCUT2D eigenvalue weighted by Crippen LogP contribution is 2.29. The number of nitrogens with zero attached hydrogens (tertiary/aromatic N) is 4. The summed E-state index contributed by atoms with van der Waals surface area (Å²) in [6.07, 6.45) is 6.48. The molecule has 0 bridgehead atoms. The molecule has 0 saturated carbocycles. The standard InChI is InChI=1S/C21H29N5O3/c1-13-17(21(28)29-3)14(2)22-18(13)20(27)25-10-7-8-15(12-25)19-24-23-16-9-5-4-6-11-26(16)19/h15,22H,4-12H2,1-3H3/t15-/m0/s1. The lowest BCUT2D eigenvalue weighted by Crippen LogP contribution is -2.40. The number of aromatic nitrogens is 4. The third-order valence-electron chi connectivity index (χ3n) is 6.25. The van der Waals surface area contributed by atoms with Gasteiger partial charge in [-0.15, -0.1) is 10.2 Å². The van der Waals surface area contributed by atoms with E-state index < -0.39 is 5.97 Å². The van der Waals surface area contributed by atoms with Crippen molar-refractivity contribution >= 4 is 11.9 Å². The lowest BCUT2D eigenvalue weighted by atomic mass is 9.96. The van der Waals surface area contributed by atoms with Gasteiger partial charge < -0.3 is 19.2 Å². The molecule has 0 unspecified atom stereocenters. The van der Waals surface area contributed by atoms with E-state index in [1.165, 1.54) is 20.0 Å². The van der Waals surface area contributed by atoms with Crippen molar-refractivity contribution in [3.8, 4) is 0 Å². The monoisotopic (exact) mass is 399 g/mol. The van der Waals surface area contributed by atoms with Crippen LogP contribution in [0.25, 0.3) is 0 Å². The second-order valence-corrected chi connectivity index (χ2v) is 8.14. The van der Waals surface area contributed by atoms with Gasteiger partial charge in [0.25, 0.3) is 5.91 Å². The molecule has 0 spiro atoms. The predicted molar refractivity (Wildman–Crippen MR) is 107 cm³/mol. The normalized spacial score (nSPS) is 19.6. The summed E-state index contributed by atoms with van der Waals surface area (Å²) < 4.78 is 7.15. The van der Waals surface area contributed by atoms with Gasteiger partial charge in [0.1, 0.15) is 17.3 Å². The number of likely N-dealkylation sites (tertiary alicyclic amines) is 1. The first-order chi connectivity index (χ1) is 14.0. The van der Waals surface area contributed by atoms with E-state index in [2.05, 4.69) is 19.7 Å². The zero-order valence-electron chi connectivity index (χ0n) is 17.5. The number of hydrogen-bond donors (Lipinski definition) is 1. The van der Waals surface area contributed by atoms with Crippen LogP contribution in [0, 0.1) is 13.8 Å². The highest BCUT2D eigenvalue weighted by molar-refractivity contribution is 6.00. The first-order valence-corrected chi connectivity index (χ1v) is 10.5. The Balaban J connectivity index is 1.56. The van der Waals surface area contributed by atoms with Gasteiger partial charge in [-0.1, -0.05) is 6.42 Å². The van der Waals surface area contributed by atoms with E-state index in [0.717, 1.165) is 43.9 Å². The van der Waals surface area contributed by atoms with Crippen LogP contribution in [-0.2, 0) is 17.7 Å². The van der Waals surface area contributed by atoms with Crippen molar-refractivity contribution < 1.29 is 14.3 Å². The Labute approximate surface area is 170 Å². The molecule has 1 saturated heterocycles. The number of hydrogen-bond acceptors (Lipinski definition) is 5. The number of piperidine rings is 1. The van der Waals surface area contributed by atoms with Crippen LogP contribution < -0.4 is 0 Å². The van der Waals surface area contributed by atoms with Gasteiger partial charge in [-0.3, -0.25) is 4.79 Å². The number of esters is 1. The average molecular weight is 399 g/mol. The Morgan fingerprint density at radius 1 is 1.10 bits per heavy atom. The Hall–Kier alpha value is -2.64. The van der Waals surface area contributed by atoms with Gasteiger partial charge >= 0.3 is 5.97 Å². The van der Waals surface area contributed by atoms with Gasteiger partial charge in [-0.05, 0) is 45.1 Å². The minimum atomic E-state index is -0.419. The van der Waals surface area contributed by atoms with Crippen molar-refractivity contribution in [3.63, 3.8) is 0 Å². The van der Waals surface area contributed by atoms with Crippen LogP contribution in [-0.4, -0.2) is 56.7 Å². The SMILES string of the molecule is COC(=O)c1c(C)[nH]c(C(=O)N2CCC[C@H](c3nnc4n3CCCCC4)C2)c1C. The van der Waals surface area contributed by atoms with E-state index in [1.807, 2.05) is 4.90 Å². The molecule has 1 amide bonds. The summed E-state index contributed by atoms with van der Waals surface area (Å²) >= 11 is 0. The van der Waals surface area contributed by atoms with Crippen LogP contribution in [0.15, 0.2) is 0 Å². The van der Waals surface area contributed by atoms with Gasteiger partial charge in [0.05, 0.1) is 12.7 Å². The minimum absolute atomic E-state index is 0.0685. The third kappa shape index (κ3) is 3.56. The largest absolute Gasteiger partial charge is 0.465 e. The van der Waals surface area contributed by atoms with E-state index in [0.29, 0.717) is 35.6 Å². The second-order valence-electron chi connectivity index (χ2n) is 8.14. The number of ether oxygens (including phenoxy) is 1. The van der Waals surface area contributed by atoms with Crippen LogP contribution in [0.2, 0.25) is 0 Å². The van der Waals surface area contributed by atoms with Gasteiger partial charge in [-0.25, -0.2) is 4.79 Å². The summed E-state index contributed by atoms with van der Waals surface area (Å²) in [5, 5.41) is 8.94. The molecule has 1 fully saturated rings. The minimum Gasteiger partial charge on any atom is -0.465 e. The maximum Gasteiger partial charge on any atom is 0.339 e. The fourth-order valence-electron chi connectivity index (χ4n) is 4.71. The molecule has 0 aromatic carbocycles. The molecule has 8 heteroatoms. The highest BCUT2D eigenvalue weighted by Gasteiger charge is 2.32. The zero-order chi connectivity index (χ0) is 20.5. The number of fused-ring (bicyclic) bond motifs is 1. The summed E-state index contributed by atoms with van der Waals surface area (Å²) in [6.45, 7) is 5.90. The van der Waals surface area contributed by atoms with E-state index in [-0.39, 0.29) is 11.8 Å². The maximum atomic E-state index is 13.3. The highest BCUT2D eigenvalue weighted by atomic mass is 16.5. The second kappa shape index (κ2) is 8.00. The van der Waals surface area contributed by atoms with Gasteiger partial charge in [0.2, 0.25) is 0 Å². The topological polar surface area (TPSA) is 93.1 Å². The molecular weight excluding hydrogens is 370 g/mol. The average Bonchev–Trinajstić information content (AvgIpc) is 3.17. The third-order valence-corrected chi connectivity index (χ3v) is 6.25. The summed E-state index contributed by atoms with van der Waals surface area (Å²) in [4.78, 5) is 30.3. The molecule has 0 aliphatic carbocycles. The Kier molecular flexibility index (Phi) is 5.43. The molecule has 2 aliphatic rings. The number of nitrogens with one attached hydrogen (secondary N) is 1. The van der Waals surface area contributed by atoms with Crippen LogP contribution in [0.1, 0.15) is 81.8 Å². The number of methoxy groups -OCH3 is 1. The summed E-state index contributed by atoms with van der Waals surface area (Å²) in [5.74, 6) is 1.82. The van der Waals surface area contributed by atoms with Gasteiger partial charge in [0.15, 0.2) is 0 Å². The number of rotatable bonds is 3. The van der Waals surface area contributed by atoms with Crippen LogP contribution >= 0.6 is 0 Å². The van der Waals surface area contributed by atoms with Gasteiger partial charge in [0, 0.05) is 37.7 Å². The number of carbonyl (C=O) groups is 2. The smallest absolute Gasteiger partial charge is 0.339 e. The molecule has 2 aliphatic heterocycles. The van der Waals surface area contributed by atoms with Crippen LogP contribution in [0.3, 0.4) is 0 Å². The van der Waals surface area contributed by atoms with Crippen molar-refractivity contribution in [1.82, 2.24) is 24.6 Å². The van der Waals surface area contributed by atoms with Crippen molar-refractivity contribution in [3.05, 3.63) is 34.2 Å². The van der Waals surface area contributed by atoms with Crippen LogP contribution in [0.5, 0.6) is 0 Å². The summed E-state index contributed by atoms with van der Waals surface area (Å²) in [5.41, 5.74) is 2.24. The number of aromatic amines is 1. The molecule has 29 heavy (non-hydrogen) atoms. The summed E-state index contributed by atoms with van der Waals surface area (Å²) in [7, 11) is 1.35. The number of H-pyrrole nitrogens is 1. The molecule has 2 aromatic rings. The molecule has 1 atom stereocenters. The molecule has 4 rings (SSSR count). The lowest BCUT2D eigenvalue weighted by molar-refractivity contribution is 0.0599. The van der Waals surface area contributed by atoms with Crippen molar-refractivity contribution in [2.75, 3.05) is 20.2 Å². The predicted octanol–water partition coefficient (Wildman–Crippen LogP) is 2.76. The number of carbonyl (C=O) groups excluding carboxylic acids is 2. The van der Waals surface area contributed by atoms with Crippen molar-refractivity contribution in [2.24, 2.45) is 0 Å². The van der Waals surface area contributed by atoms with E-state index in [4.69, 9.17) is 4.74 Å². The fourth-order valence-corrected chi connectivity index (χ4v) is 4.71. The molecule has 156 valence electrons. The number of aryl methyl sites for hydroxylation is 2. The lowest BCUT2D eigenvalue weighted by Gasteiger charge is -2.32.